The summed E-state index contributed by atoms with van der Waals surface area (Å²) in [5.41, 5.74) is 0.859. The minimum absolute atomic E-state index is 0.219. The quantitative estimate of drug-likeness (QED) is 0.599. The highest BCUT2D eigenvalue weighted by atomic mass is 32.2. The highest BCUT2D eigenvalue weighted by molar-refractivity contribution is 8.03. The van der Waals surface area contributed by atoms with Gasteiger partial charge in [0.2, 0.25) is 0 Å². The maximum atomic E-state index is 12.4. The van der Waals surface area contributed by atoms with Crippen LogP contribution in [-0.2, 0) is 0 Å². The van der Waals surface area contributed by atoms with Crippen LogP contribution in [-0.4, -0.2) is 5.75 Å². The predicted molar refractivity (Wildman–Crippen MR) is 51.4 cm³/mol. The summed E-state index contributed by atoms with van der Waals surface area (Å²) in [5, 5.41) is 2.92. The SMILES string of the molecule is CCSC#Cc1ccc(F)cc1. The Morgan fingerprint density at radius 1 is 1.33 bits per heavy atom. The molecule has 62 valence electrons. The van der Waals surface area contributed by atoms with E-state index in [1.165, 1.54) is 12.1 Å². The lowest BCUT2D eigenvalue weighted by molar-refractivity contribution is 0.627. The van der Waals surface area contributed by atoms with Gasteiger partial charge in [0.05, 0.1) is 0 Å². The molecule has 0 saturated heterocycles. The van der Waals surface area contributed by atoms with E-state index in [9.17, 15) is 4.39 Å². The van der Waals surface area contributed by atoms with Crippen molar-refractivity contribution in [2.24, 2.45) is 0 Å². The smallest absolute Gasteiger partial charge is 0.123 e. The molecule has 0 atom stereocenters. The summed E-state index contributed by atoms with van der Waals surface area (Å²) in [4.78, 5) is 0. The number of rotatable bonds is 1. The van der Waals surface area contributed by atoms with Gasteiger partial charge in [0.15, 0.2) is 0 Å². The van der Waals surface area contributed by atoms with Gasteiger partial charge in [0.1, 0.15) is 5.82 Å². The fourth-order valence-electron chi connectivity index (χ4n) is 0.700. The molecular weight excluding hydrogens is 171 g/mol. The van der Waals surface area contributed by atoms with Crippen molar-refractivity contribution in [1.29, 1.82) is 0 Å². The molecule has 1 rings (SSSR count). The molecule has 0 aliphatic heterocycles. The first-order valence-electron chi connectivity index (χ1n) is 3.71. The maximum Gasteiger partial charge on any atom is 0.123 e. The third kappa shape index (κ3) is 2.98. The van der Waals surface area contributed by atoms with E-state index in [4.69, 9.17) is 0 Å². The molecule has 0 heterocycles. The predicted octanol–water partition coefficient (Wildman–Crippen LogP) is 2.89. The highest BCUT2D eigenvalue weighted by Gasteiger charge is 1.87. The zero-order valence-corrected chi connectivity index (χ0v) is 7.62. The highest BCUT2D eigenvalue weighted by Crippen LogP contribution is 2.02. The van der Waals surface area contributed by atoms with Crippen LogP contribution in [0.3, 0.4) is 0 Å². The summed E-state index contributed by atoms with van der Waals surface area (Å²) in [5.74, 6) is 3.68. The summed E-state index contributed by atoms with van der Waals surface area (Å²) in [7, 11) is 0. The minimum Gasteiger partial charge on any atom is -0.207 e. The van der Waals surface area contributed by atoms with Crippen LogP contribution in [0.5, 0.6) is 0 Å². The fourth-order valence-corrected chi connectivity index (χ4v) is 1.03. The molecule has 0 bridgehead atoms. The molecule has 0 aromatic heterocycles. The van der Waals surface area contributed by atoms with Crippen molar-refractivity contribution < 1.29 is 4.39 Å². The molecule has 2 heteroatoms. The van der Waals surface area contributed by atoms with Crippen molar-refractivity contribution in [2.75, 3.05) is 5.75 Å². The summed E-state index contributed by atoms with van der Waals surface area (Å²) in [6.45, 7) is 2.05. The Kier molecular flexibility index (Phi) is 3.69. The van der Waals surface area contributed by atoms with Crippen LogP contribution >= 0.6 is 11.8 Å². The van der Waals surface area contributed by atoms with E-state index in [1.807, 2.05) is 6.92 Å². The lowest BCUT2D eigenvalue weighted by atomic mass is 10.2. The molecule has 0 amide bonds. The average Bonchev–Trinajstić information content (AvgIpc) is 2.09. The number of hydrogen-bond acceptors (Lipinski definition) is 1. The molecule has 0 fully saturated rings. The van der Waals surface area contributed by atoms with Crippen LogP contribution in [0.1, 0.15) is 12.5 Å². The zero-order chi connectivity index (χ0) is 8.81. The molecule has 0 radical (unpaired) electrons. The largest absolute Gasteiger partial charge is 0.207 e. The minimum atomic E-state index is -0.219. The molecule has 0 unspecified atom stereocenters. The van der Waals surface area contributed by atoms with Crippen molar-refractivity contribution in [3.63, 3.8) is 0 Å². The summed E-state index contributed by atoms with van der Waals surface area (Å²) in [6, 6.07) is 6.19. The summed E-state index contributed by atoms with van der Waals surface area (Å²) < 4.78 is 12.4. The molecule has 0 nitrogen and oxygen atoms in total. The fraction of sp³-hybridized carbons (Fsp3) is 0.200. The number of halogens is 1. The van der Waals surface area contributed by atoms with Crippen LogP contribution in [0.25, 0.3) is 0 Å². The van der Waals surface area contributed by atoms with E-state index < -0.39 is 0 Å². The third-order valence-electron chi connectivity index (χ3n) is 1.26. The van der Waals surface area contributed by atoms with E-state index >= 15 is 0 Å². The van der Waals surface area contributed by atoms with Gasteiger partial charge in [-0.3, -0.25) is 0 Å². The Hall–Kier alpha value is -0.940. The monoisotopic (exact) mass is 180 g/mol. The van der Waals surface area contributed by atoms with Gasteiger partial charge < -0.3 is 0 Å². The average molecular weight is 180 g/mol. The molecule has 0 N–H and O–H groups in total. The molecule has 1 aromatic carbocycles. The van der Waals surface area contributed by atoms with Crippen molar-refractivity contribution in [1.82, 2.24) is 0 Å². The normalized spacial score (nSPS) is 8.83. The van der Waals surface area contributed by atoms with E-state index in [-0.39, 0.29) is 5.82 Å². The Labute approximate surface area is 76.2 Å². The molecule has 12 heavy (non-hydrogen) atoms. The Bertz CT molecular complexity index is 292. The van der Waals surface area contributed by atoms with Crippen molar-refractivity contribution in [3.8, 4) is 11.2 Å². The van der Waals surface area contributed by atoms with Crippen LogP contribution in [0.2, 0.25) is 0 Å². The molecule has 0 saturated carbocycles. The summed E-state index contributed by atoms with van der Waals surface area (Å²) >= 11 is 1.55. The van der Waals surface area contributed by atoms with E-state index in [0.29, 0.717) is 0 Å². The second-order valence-electron chi connectivity index (χ2n) is 2.17. The Morgan fingerprint density at radius 3 is 2.58 bits per heavy atom. The molecule has 0 spiro atoms. The Morgan fingerprint density at radius 2 is 2.00 bits per heavy atom. The van der Waals surface area contributed by atoms with E-state index in [2.05, 4.69) is 11.2 Å². The van der Waals surface area contributed by atoms with Crippen LogP contribution in [0, 0.1) is 17.0 Å². The van der Waals surface area contributed by atoms with Gasteiger partial charge in [-0.15, -0.1) is 0 Å². The molecule has 1 aromatic rings. The van der Waals surface area contributed by atoms with Crippen molar-refractivity contribution in [2.45, 2.75) is 6.92 Å². The Balaban J connectivity index is 2.66. The molecule has 0 aliphatic rings. The summed E-state index contributed by atoms with van der Waals surface area (Å²) in [6.07, 6.45) is 0. The van der Waals surface area contributed by atoms with E-state index in [0.717, 1.165) is 11.3 Å². The molecule has 0 aliphatic carbocycles. The zero-order valence-electron chi connectivity index (χ0n) is 6.80. The van der Waals surface area contributed by atoms with Crippen LogP contribution < -0.4 is 0 Å². The van der Waals surface area contributed by atoms with Gasteiger partial charge in [-0.25, -0.2) is 4.39 Å². The van der Waals surface area contributed by atoms with Crippen LogP contribution in [0.4, 0.5) is 4.39 Å². The first kappa shape index (κ1) is 9.15. The lowest BCUT2D eigenvalue weighted by Crippen LogP contribution is -1.74. The maximum absolute atomic E-state index is 12.4. The van der Waals surface area contributed by atoms with Gasteiger partial charge >= 0.3 is 0 Å². The lowest BCUT2D eigenvalue weighted by Gasteiger charge is -1.88. The third-order valence-corrected chi connectivity index (χ3v) is 1.79. The second kappa shape index (κ2) is 4.84. The molecular formula is C10H9FS. The van der Waals surface area contributed by atoms with Gasteiger partial charge in [-0.05, 0) is 29.5 Å². The van der Waals surface area contributed by atoms with Gasteiger partial charge in [0.25, 0.3) is 0 Å². The van der Waals surface area contributed by atoms with Gasteiger partial charge in [0, 0.05) is 11.3 Å². The van der Waals surface area contributed by atoms with Gasteiger partial charge in [-0.1, -0.05) is 24.6 Å². The second-order valence-corrected chi connectivity index (χ2v) is 3.24. The number of benzene rings is 1. The first-order valence-corrected chi connectivity index (χ1v) is 4.70. The van der Waals surface area contributed by atoms with Crippen molar-refractivity contribution >= 4 is 11.8 Å². The number of thioether (sulfide) groups is 1. The van der Waals surface area contributed by atoms with Gasteiger partial charge in [-0.2, -0.15) is 0 Å². The van der Waals surface area contributed by atoms with Crippen molar-refractivity contribution in [3.05, 3.63) is 35.6 Å². The van der Waals surface area contributed by atoms with Crippen LogP contribution in [0.15, 0.2) is 24.3 Å². The standard InChI is InChI=1S/C10H9FS/c1-2-12-8-7-9-3-5-10(11)6-4-9/h3-6H,2H2,1H3. The number of hydrogen-bond donors (Lipinski definition) is 0. The topological polar surface area (TPSA) is 0 Å². The first-order chi connectivity index (χ1) is 5.83. The van der Waals surface area contributed by atoms with E-state index in [1.54, 1.807) is 23.9 Å².